The largest absolute Gasteiger partial charge is 0.493 e. The van der Waals surface area contributed by atoms with Gasteiger partial charge < -0.3 is 24.0 Å². The summed E-state index contributed by atoms with van der Waals surface area (Å²) in [5.41, 5.74) is 0.609. The van der Waals surface area contributed by atoms with Crippen molar-refractivity contribution in [3.63, 3.8) is 0 Å². The third-order valence-electron chi connectivity index (χ3n) is 4.56. The number of ether oxygens (including phenoxy) is 3. The summed E-state index contributed by atoms with van der Waals surface area (Å²) in [5, 5.41) is 0. The van der Waals surface area contributed by atoms with E-state index >= 15 is 0 Å². The van der Waals surface area contributed by atoms with Crippen LogP contribution in [0.3, 0.4) is 0 Å². The van der Waals surface area contributed by atoms with Gasteiger partial charge in [0.05, 0.1) is 27.9 Å². The number of piperazine rings is 1. The van der Waals surface area contributed by atoms with Crippen molar-refractivity contribution in [2.75, 3.05) is 60.6 Å². The molecule has 2 N–H and O–H groups in total. The molecule has 2 rings (SSSR count). The summed E-state index contributed by atoms with van der Waals surface area (Å²) in [6, 6.07) is 3.47. The van der Waals surface area contributed by atoms with Gasteiger partial charge in [-0.05, 0) is 19.1 Å². The molecule has 6 heteroatoms. The Labute approximate surface area is 137 Å². The van der Waals surface area contributed by atoms with E-state index in [0.717, 1.165) is 32.7 Å². The molecule has 1 fully saturated rings. The minimum atomic E-state index is 0.110. The smallest absolute Gasteiger partial charge is 0.217 e. The Balaban J connectivity index is 2.10. The molecule has 1 saturated heterocycles. The second kappa shape index (κ2) is 8.17. The minimum absolute atomic E-state index is 0.110. The molecule has 0 saturated carbocycles. The van der Waals surface area contributed by atoms with Crippen LogP contribution in [-0.4, -0.2) is 66.4 Å². The molecule has 0 unspecified atom stereocenters. The third-order valence-corrected chi connectivity index (χ3v) is 4.56. The normalized spacial score (nSPS) is 20.9. The number of carbonyl (C=O) groups is 1. The number of quaternary nitrogens is 2. The Hall–Kier alpha value is -1.79. The number of methoxy groups -OCH3 is 3. The highest BCUT2D eigenvalue weighted by Crippen LogP contribution is 2.38. The summed E-state index contributed by atoms with van der Waals surface area (Å²) >= 11 is 0. The van der Waals surface area contributed by atoms with Crippen molar-refractivity contribution in [3.05, 3.63) is 17.7 Å². The molecule has 0 bridgehead atoms. The summed E-state index contributed by atoms with van der Waals surface area (Å²) in [6.45, 7) is 8.23. The maximum absolute atomic E-state index is 12.6. The van der Waals surface area contributed by atoms with E-state index in [1.807, 2.05) is 0 Å². The maximum Gasteiger partial charge on any atom is 0.217 e. The van der Waals surface area contributed by atoms with Crippen LogP contribution >= 0.6 is 0 Å². The quantitative estimate of drug-likeness (QED) is 0.612. The molecule has 23 heavy (non-hydrogen) atoms. The van der Waals surface area contributed by atoms with E-state index in [1.165, 1.54) is 4.90 Å². The van der Waals surface area contributed by atoms with Crippen LogP contribution in [0.2, 0.25) is 0 Å². The zero-order valence-corrected chi connectivity index (χ0v) is 14.5. The average Bonchev–Trinajstić information content (AvgIpc) is 2.60. The number of nitrogens with one attached hydrogen (secondary N) is 2. The SMILES string of the molecule is CC[NH+]1CC[NH+](CC(=O)c2cc(OC)c(OC)c(OC)c2)CC1. The van der Waals surface area contributed by atoms with Gasteiger partial charge in [0.1, 0.15) is 32.7 Å². The molecule has 0 atom stereocenters. The maximum atomic E-state index is 12.6. The second-order valence-electron chi connectivity index (χ2n) is 5.87. The minimum Gasteiger partial charge on any atom is -0.493 e. The highest BCUT2D eigenvalue weighted by molar-refractivity contribution is 5.98. The lowest BCUT2D eigenvalue weighted by atomic mass is 10.1. The first-order chi connectivity index (χ1) is 11.1. The zero-order valence-electron chi connectivity index (χ0n) is 14.5. The molecule has 1 aromatic rings. The number of hydrogen-bond acceptors (Lipinski definition) is 4. The van der Waals surface area contributed by atoms with E-state index in [9.17, 15) is 4.79 Å². The average molecular weight is 324 g/mol. The van der Waals surface area contributed by atoms with Gasteiger partial charge in [-0.15, -0.1) is 0 Å². The molecular weight excluding hydrogens is 296 g/mol. The van der Waals surface area contributed by atoms with E-state index in [2.05, 4.69) is 6.92 Å². The van der Waals surface area contributed by atoms with Crippen molar-refractivity contribution in [3.8, 4) is 17.2 Å². The zero-order chi connectivity index (χ0) is 16.8. The first kappa shape index (κ1) is 17.6. The van der Waals surface area contributed by atoms with Gasteiger partial charge in [-0.25, -0.2) is 0 Å². The summed E-state index contributed by atoms with van der Waals surface area (Å²) in [6.07, 6.45) is 0. The fraction of sp³-hybridized carbons (Fsp3) is 0.588. The Morgan fingerprint density at radius 1 is 0.957 bits per heavy atom. The van der Waals surface area contributed by atoms with Gasteiger partial charge in [-0.2, -0.15) is 0 Å². The van der Waals surface area contributed by atoms with Gasteiger partial charge in [0.2, 0.25) is 11.5 Å². The van der Waals surface area contributed by atoms with E-state index in [0.29, 0.717) is 29.4 Å². The molecule has 0 aromatic heterocycles. The molecule has 0 amide bonds. The number of ketones is 1. The van der Waals surface area contributed by atoms with E-state index in [1.54, 1.807) is 38.4 Å². The lowest BCUT2D eigenvalue weighted by Crippen LogP contribution is -3.28. The highest BCUT2D eigenvalue weighted by Gasteiger charge is 2.25. The van der Waals surface area contributed by atoms with Crippen molar-refractivity contribution >= 4 is 5.78 Å². The van der Waals surface area contributed by atoms with Gasteiger partial charge in [0.15, 0.2) is 11.5 Å². The lowest BCUT2D eigenvalue weighted by Gasteiger charge is -2.28. The van der Waals surface area contributed by atoms with Crippen LogP contribution in [0.15, 0.2) is 12.1 Å². The first-order valence-corrected chi connectivity index (χ1v) is 8.13. The molecule has 1 heterocycles. The summed E-state index contributed by atoms with van der Waals surface area (Å²) in [7, 11) is 4.68. The molecule has 1 aliphatic heterocycles. The number of likely N-dealkylation sites (N-methyl/N-ethyl adjacent to an activating group) is 1. The summed E-state index contributed by atoms with van der Waals surface area (Å²) < 4.78 is 15.9. The van der Waals surface area contributed by atoms with Crippen molar-refractivity contribution < 1.29 is 28.8 Å². The number of benzene rings is 1. The van der Waals surface area contributed by atoms with Crippen molar-refractivity contribution in [2.45, 2.75) is 6.92 Å². The Morgan fingerprint density at radius 3 is 1.91 bits per heavy atom. The monoisotopic (exact) mass is 324 g/mol. The topological polar surface area (TPSA) is 53.6 Å². The Bertz CT molecular complexity index is 514. The van der Waals surface area contributed by atoms with Crippen molar-refractivity contribution in [2.24, 2.45) is 0 Å². The molecule has 128 valence electrons. The van der Waals surface area contributed by atoms with E-state index in [-0.39, 0.29) is 5.78 Å². The fourth-order valence-corrected chi connectivity index (χ4v) is 3.06. The molecule has 1 aliphatic rings. The van der Waals surface area contributed by atoms with Gasteiger partial charge in [0.25, 0.3) is 0 Å². The standard InChI is InChI=1S/C17H26N2O4/c1-5-18-6-8-19(9-7-18)12-14(20)13-10-15(21-2)17(23-4)16(11-13)22-3/h10-11H,5-9,12H2,1-4H3/p+2. The van der Waals surface area contributed by atoms with E-state index < -0.39 is 0 Å². The first-order valence-electron chi connectivity index (χ1n) is 8.13. The molecule has 0 radical (unpaired) electrons. The number of carbonyl (C=O) groups excluding carboxylic acids is 1. The number of hydrogen-bond donors (Lipinski definition) is 2. The number of rotatable bonds is 7. The van der Waals surface area contributed by atoms with Crippen molar-refractivity contribution in [1.29, 1.82) is 0 Å². The molecular formula is C17H28N2O4+2. The fourth-order valence-electron chi connectivity index (χ4n) is 3.06. The third kappa shape index (κ3) is 4.14. The van der Waals surface area contributed by atoms with E-state index in [4.69, 9.17) is 14.2 Å². The predicted molar refractivity (Wildman–Crippen MR) is 87.2 cm³/mol. The van der Waals surface area contributed by atoms with Crippen LogP contribution in [-0.2, 0) is 0 Å². The Kier molecular flexibility index (Phi) is 6.24. The highest BCUT2D eigenvalue weighted by atomic mass is 16.5. The van der Waals surface area contributed by atoms with Crippen LogP contribution in [0.4, 0.5) is 0 Å². The summed E-state index contributed by atoms with van der Waals surface area (Å²) in [5.74, 6) is 1.66. The molecule has 6 nitrogen and oxygen atoms in total. The van der Waals surface area contributed by atoms with Gasteiger partial charge in [0, 0.05) is 5.56 Å². The predicted octanol–water partition coefficient (Wildman–Crippen LogP) is -1.30. The van der Waals surface area contributed by atoms with Crippen LogP contribution in [0.25, 0.3) is 0 Å². The van der Waals surface area contributed by atoms with Crippen LogP contribution < -0.4 is 24.0 Å². The van der Waals surface area contributed by atoms with Crippen molar-refractivity contribution in [1.82, 2.24) is 0 Å². The van der Waals surface area contributed by atoms with Crippen LogP contribution in [0.1, 0.15) is 17.3 Å². The van der Waals surface area contributed by atoms with Crippen LogP contribution in [0, 0.1) is 0 Å². The molecule has 1 aromatic carbocycles. The van der Waals surface area contributed by atoms with Crippen LogP contribution in [0.5, 0.6) is 17.2 Å². The molecule has 0 aliphatic carbocycles. The summed E-state index contributed by atoms with van der Waals surface area (Å²) in [4.78, 5) is 15.6. The van der Waals surface area contributed by atoms with Gasteiger partial charge >= 0.3 is 0 Å². The van der Waals surface area contributed by atoms with Gasteiger partial charge in [-0.1, -0.05) is 0 Å². The second-order valence-corrected chi connectivity index (χ2v) is 5.87. The lowest BCUT2D eigenvalue weighted by molar-refractivity contribution is -1.01. The number of Topliss-reactive ketones (excluding diaryl/α,β-unsaturated/α-hetero) is 1. The molecule has 0 spiro atoms. The van der Waals surface area contributed by atoms with Gasteiger partial charge in [-0.3, -0.25) is 4.79 Å². The Morgan fingerprint density at radius 2 is 1.48 bits per heavy atom.